The zero-order valence-electron chi connectivity index (χ0n) is 11.3. The van der Waals surface area contributed by atoms with Crippen molar-refractivity contribution in [3.8, 4) is 5.75 Å². The number of benzene rings is 1. The van der Waals surface area contributed by atoms with E-state index in [0.717, 1.165) is 5.57 Å². The molecular formula is C13H17NO5S. The Balaban J connectivity index is 2.40. The third kappa shape index (κ3) is 5.85. The van der Waals surface area contributed by atoms with Gasteiger partial charge in [-0.1, -0.05) is 5.57 Å². The highest BCUT2D eigenvalue weighted by atomic mass is 32.2. The van der Waals surface area contributed by atoms with Crippen molar-refractivity contribution in [3.63, 3.8) is 0 Å². The molecule has 0 aliphatic rings. The molecule has 0 saturated carbocycles. The van der Waals surface area contributed by atoms with Gasteiger partial charge in [-0.15, -0.1) is 0 Å². The first kappa shape index (κ1) is 16.2. The maximum absolute atomic E-state index is 11.2. The van der Waals surface area contributed by atoms with Crippen molar-refractivity contribution in [3.05, 3.63) is 35.9 Å². The summed E-state index contributed by atoms with van der Waals surface area (Å²) in [5, 5.41) is 4.97. The molecule has 1 rings (SSSR count). The van der Waals surface area contributed by atoms with Crippen LogP contribution in [0.2, 0.25) is 0 Å². The van der Waals surface area contributed by atoms with Gasteiger partial charge in [0.05, 0.1) is 4.90 Å². The van der Waals surface area contributed by atoms with Crippen molar-refractivity contribution in [1.82, 2.24) is 0 Å². The minimum absolute atomic E-state index is 0.0137. The van der Waals surface area contributed by atoms with Crippen LogP contribution in [0.5, 0.6) is 5.75 Å². The lowest BCUT2D eigenvalue weighted by Gasteiger charge is -2.07. The van der Waals surface area contributed by atoms with Gasteiger partial charge in [0.25, 0.3) is 0 Å². The molecule has 0 unspecified atom stereocenters. The van der Waals surface area contributed by atoms with E-state index < -0.39 is 16.0 Å². The van der Waals surface area contributed by atoms with E-state index in [1.165, 1.54) is 30.3 Å². The van der Waals surface area contributed by atoms with E-state index in [9.17, 15) is 13.2 Å². The highest BCUT2D eigenvalue weighted by Gasteiger charge is 2.07. The molecule has 2 N–H and O–H groups in total. The second-order valence-electron chi connectivity index (χ2n) is 4.25. The molecule has 0 radical (unpaired) electrons. The zero-order chi connectivity index (χ0) is 15.2. The van der Waals surface area contributed by atoms with Crippen LogP contribution in [-0.4, -0.2) is 27.6 Å². The Morgan fingerprint density at radius 3 is 2.30 bits per heavy atom. The molecule has 0 spiro atoms. The minimum Gasteiger partial charge on any atom is -0.490 e. The first-order chi connectivity index (χ1) is 9.29. The number of hydrogen-bond donors (Lipinski definition) is 1. The molecule has 20 heavy (non-hydrogen) atoms. The van der Waals surface area contributed by atoms with Crippen LogP contribution in [0, 0.1) is 0 Å². The van der Waals surface area contributed by atoms with E-state index in [-0.39, 0.29) is 18.1 Å². The van der Waals surface area contributed by atoms with Gasteiger partial charge in [-0.3, -0.25) is 0 Å². The molecule has 0 aliphatic heterocycles. The van der Waals surface area contributed by atoms with Crippen molar-refractivity contribution < 1.29 is 22.7 Å². The molecule has 110 valence electrons. The molecule has 0 atom stereocenters. The van der Waals surface area contributed by atoms with Gasteiger partial charge in [0.1, 0.15) is 19.0 Å². The van der Waals surface area contributed by atoms with E-state index in [1.54, 1.807) is 13.8 Å². The minimum atomic E-state index is -3.70. The summed E-state index contributed by atoms with van der Waals surface area (Å²) in [5.41, 5.74) is 0.856. The van der Waals surface area contributed by atoms with Crippen LogP contribution in [-0.2, 0) is 19.6 Å². The molecule has 1 aromatic carbocycles. The number of sulfonamides is 1. The molecule has 0 bridgehead atoms. The highest BCUT2D eigenvalue weighted by molar-refractivity contribution is 7.89. The van der Waals surface area contributed by atoms with Crippen molar-refractivity contribution in [2.45, 2.75) is 18.7 Å². The Labute approximate surface area is 118 Å². The summed E-state index contributed by atoms with van der Waals surface area (Å²) in [4.78, 5) is 11.2. The number of carbonyl (C=O) groups is 1. The summed E-state index contributed by atoms with van der Waals surface area (Å²) in [6.07, 6.45) is 1.39. The van der Waals surface area contributed by atoms with Crippen LogP contribution in [0.1, 0.15) is 13.8 Å². The molecule has 0 amide bonds. The van der Waals surface area contributed by atoms with Crippen LogP contribution >= 0.6 is 0 Å². The lowest BCUT2D eigenvalue weighted by molar-refractivity contribution is -0.138. The van der Waals surface area contributed by atoms with Gasteiger partial charge in [-0.25, -0.2) is 18.4 Å². The zero-order valence-corrected chi connectivity index (χ0v) is 12.1. The van der Waals surface area contributed by atoms with Gasteiger partial charge in [-0.2, -0.15) is 0 Å². The largest absolute Gasteiger partial charge is 0.490 e. The number of carbonyl (C=O) groups excluding carboxylic acids is 1. The maximum Gasteiger partial charge on any atom is 0.330 e. The Hall–Kier alpha value is -1.86. The summed E-state index contributed by atoms with van der Waals surface area (Å²) in [6.45, 7) is 3.88. The van der Waals surface area contributed by atoms with Crippen molar-refractivity contribution in [2.75, 3.05) is 13.2 Å². The number of nitrogens with two attached hydrogens (primary N) is 1. The van der Waals surface area contributed by atoms with E-state index in [2.05, 4.69) is 0 Å². The van der Waals surface area contributed by atoms with Crippen LogP contribution in [0.3, 0.4) is 0 Å². The van der Waals surface area contributed by atoms with Gasteiger partial charge in [0.15, 0.2) is 0 Å². The number of primary sulfonamides is 1. The van der Waals surface area contributed by atoms with Crippen molar-refractivity contribution in [2.24, 2.45) is 5.14 Å². The van der Waals surface area contributed by atoms with E-state index in [4.69, 9.17) is 14.6 Å². The van der Waals surface area contributed by atoms with E-state index in [0.29, 0.717) is 5.75 Å². The predicted octanol–water partition coefficient (Wildman–Crippen LogP) is 1.22. The number of rotatable bonds is 6. The van der Waals surface area contributed by atoms with E-state index in [1.807, 2.05) is 0 Å². The lowest BCUT2D eigenvalue weighted by Crippen LogP contribution is -2.12. The number of esters is 1. The Bertz CT molecular complexity index is 586. The Morgan fingerprint density at radius 1 is 1.20 bits per heavy atom. The SMILES string of the molecule is CC(C)=CC(=O)OCCOc1ccc(S(N)(=O)=O)cc1. The fourth-order valence-electron chi connectivity index (χ4n) is 1.30. The third-order valence-electron chi connectivity index (χ3n) is 2.16. The van der Waals surface area contributed by atoms with Crippen LogP contribution < -0.4 is 9.88 Å². The Kier molecular flexibility index (Phi) is 5.72. The van der Waals surface area contributed by atoms with E-state index >= 15 is 0 Å². The summed E-state index contributed by atoms with van der Waals surface area (Å²) in [6, 6.07) is 5.66. The second-order valence-corrected chi connectivity index (χ2v) is 5.82. The predicted molar refractivity (Wildman–Crippen MR) is 73.7 cm³/mol. The molecule has 1 aromatic rings. The van der Waals surface area contributed by atoms with Crippen molar-refractivity contribution in [1.29, 1.82) is 0 Å². The van der Waals surface area contributed by atoms with Crippen LogP contribution in [0.25, 0.3) is 0 Å². The average Bonchev–Trinajstić information content (AvgIpc) is 2.33. The standard InChI is InChI=1S/C13H17NO5S/c1-10(2)9-13(15)19-8-7-18-11-3-5-12(6-4-11)20(14,16)17/h3-6,9H,7-8H2,1-2H3,(H2,14,16,17). The second kappa shape index (κ2) is 7.06. The molecule has 0 fully saturated rings. The molecule has 0 aromatic heterocycles. The average molecular weight is 299 g/mol. The molecule has 0 saturated heterocycles. The summed E-state index contributed by atoms with van der Waals surface area (Å²) in [5.74, 6) is 0.0498. The van der Waals surface area contributed by atoms with Gasteiger partial charge in [0.2, 0.25) is 10.0 Å². The summed E-state index contributed by atoms with van der Waals surface area (Å²) < 4.78 is 32.3. The molecular weight excluding hydrogens is 282 g/mol. The molecule has 0 aliphatic carbocycles. The Morgan fingerprint density at radius 2 is 1.80 bits per heavy atom. The highest BCUT2D eigenvalue weighted by Crippen LogP contribution is 2.14. The smallest absolute Gasteiger partial charge is 0.330 e. The number of hydrogen-bond acceptors (Lipinski definition) is 5. The van der Waals surface area contributed by atoms with Crippen LogP contribution in [0.4, 0.5) is 0 Å². The van der Waals surface area contributed by atoms with Gasteiger partial charge in [-0.05, 0) is 38.1 Å². The third-order valence-corrected chi connectivity index (χ3v) is 3.08. The van der Waals surface area contributed by atoms with Gasteiger partial charge >= 0.3 is 5.97 Å². The van der Waals surface area contributed by atoms with Crippen molar-refractivity contribution >= 4 is 16.0 Å². The molecule has 0 heterocycles. The van der Waals surface area contributed by atoms with Gasteiger partial charge < -0.3 is 9.47 Å². The monoisotopic (exact) mass is 299 g/mol. The number of ether oxygens (including phenoxy) is 2. The van der Waals surface area contributed by atoms with Gasteiger partial charge in [0, 0.05) is 6.08 Å². The van der Waals surface area contributed by atoms with Crippen LogP contribution in [0.15, 0.2) is 40.8 Å². The summed E-state index contributed by atoms with van der Waals surface area (Å²) in [7, 11) is -3.70. The lowest BCUT2D eigenvalue weighted by atomic mass is 10.3. The quantitative estimate of drug-likeness (QED) is 0.484. The topological polar surface area (TPSA) is 95.7 Å². The molecule has 7 heteroatoms. The fourth-order valence-corrected chi connectivity index (χ4v) is 1.82. The summed E-state index contributed by atoms with van der Waals surface area (Å²) >= 11 is 0. The molecule has 6 nitrogen and oxygen atoms in total. The first-order valence-electron chi connectivity index (χ1n) is 5.86. The number of allylic oxidation sites excluding steroid dienone is 1. The normalized spacial score (nSPS) is 10.8. The fraction of sp³-hybridized carbons (Fsp3) is 0.308. The maximum atomic E-state index is 11.2. The first-order valence-corrected chi connectivity index (χ1v) is 7.41.